The summed E-state index contributed by atoms with van der Waals surface area (Å²) in [5, 5.41) is 14.4. The molecular weight excluding hydrogens is 240 g/mol. The summed E-state index contributed by atoms with van der Waals surface area (Å²) in [6, 6.07) is 5.97. The predicted octanol–water partition coefficient (Wildman–Crippen LogP) is 2.49. The van der Waals surface area contributed by atoms with Crippen molar-refractivity contribution >= 4 is 23.3 Å². The van der Waals surface area contributed by atoms with Crippen molar-refractivity contribution in [1.82, 2.24) is 15.5 Å². The number of benzene rings is 1. The number of anilines is 2. The van der Waals surface area contributed by atoms with E-state index in [1.54, 1.807) is 0 Å². The third-order valence-corrected chi connectivity index (χ3v) is 2.71. The molecule has 2 aromatic rings. The summed E-state index contributed by atoms with van der Waals surface area (Å²) in [7, 11) is 1.82. The minimum atomic E-state index is 0.362. The fourth-order valence-corrected chi connectivity index (χ4v) is 1.56. The van der Waals surface area contributed by atoms with Gasteiger partial charge >= 0.3 is 6.01 Å². The highest BCUT2D eigenvalue weighted by Gasteiger charge is 2.07. The van der Waals surface area contributed by atoms with E-state index in [0.29, 0.717) is 23.5 Å². The van der Waals surface area contributed by atoms with Gasteiger partial charge in [0.2, 0.25) is 5.89 Å². The zero-order valence-corrected chi connectivity index (χ0v) is 10.4. The highest BCUT2D eigenvalue weighted by atomic mass is 35.5. The van der Waals surface area contributed by atoms with Crippen LogP contribution in [0.25, 0.3) is 0 Å². The molecule has 0 aliphatic carbocycles. The molecule has 1 aromatic heterocycles. The summed E-state index contributed by atoms with van der Waals surface area (Å²) >= 11 is 6.02. The molecule has 0 amide bonds. The topological polar surface area (TPSA) is 63.0 Å². The maximum absolute atomic E-state index is 6.02. The van der Waals surface area contributed by atoms with Crippen molar-refractivity contribution in [2.24, 2.45) is 0 Å². The Bertz CT molecular complexity index is 512. The molecule has 0 unspecified atom stereocenters. The molecule has 0 spiro atoms. The molecule has 0 aliphatic heterocycles. The molecule has 17 heavy (non-hydrogen) atoms. The molecule has 90 valence electrons. The maximum Gasteiger partial charge on any atom is 0.320 e. The van der Waals surface area contributed by atoms with E-state index in [1.807, 2.05) is 32.2 Å². The lowest BCUT2D eigenvalue weighted by Gasteiger charge is -2.06. The monoisotopic (exact) mass is 252 g/mol. The Kier molecular flexibility index (Phi) is 3.61. The summed E-state index contributed by atoms with van der Waals surface area (Å²) in [4.78, 5) is 0. The van der Waals surface area contributed by atoms with Crippen molar-refractivity contribution in [3.63, 3.8) is 0 Å². The van der Waals surface area contributed by atoms with Gasteiger partial charge in [-0.1, -0.05) is 22.8 Å². The predicted molar refractivity (Wildman–Crippen MR) is 66.5 cm³/mol. The third kappa shape index (κ3) is 2.75. The van der Waals surface area contributed by atoms with Crippen LogP contribution >= 0.6 is 11.6 Å². The standard InChI is InChI=1S/C11H13ClN4O/c1-7-8(12)4-3-5-9(7)14-11-16-15-10(17-11)6-13-2/h3-5,13H,6H2,1-2H3,(H,14,16). The molecule has 0 saturated carbocycles. The fourth-order valence-electron chi connectivity index (χ4n) is 1.38. The van der Waals surface area contributed by atoms with Gasteiger partial charge in [-0.3, -0.25) is 0 Å². The highest BCUT2D eigenvalue weighted by Crippen LogP contribution is 2.25. The minimum absolute atomic E-state index is 0.362. The molecule has 0 radical (unpaired) electrons. The SMILES string of the molecule is CNCc1nnc(Nc2cccc(Cl)c2C)o1. The maximum atomic E-state index is 6.02. The van der Waals surface area contributed by atoms with E-state index >= 15 is 0 Å². The lowest BCUT2D eigenvalue weighted by Crippen LogP contribution is -2.04. The van der Waals surface area contributed by atoms with Crippen LogP contribution in [-0.4, -0.2) is 17.2 Å². The van der Waals surface area contributed by atoms with Crippen molar-refractivity contribution < 1.29 is 4.42 Å². The van der Waals surface area contributed by atoms with E-state index in [2.05, 4.69) is 20.8 Å². The van der Waals surface area contributed by atoms with Crippen LogP contribution in [0, 0.1) is 6.92 Å². The molecule has 0 atom stereocenters. The fraction of sp³-hybridized carbons (Fsp3) is 0.273. The number of nitrogens with zero attached hydrogens (tertiary/aromatic N) is 2. The second kappa shape index (κ2) is 5.16. The Morgan fingerprint density at radius 1 is 1.35 bits per heavy atom. The lowest BCUT2D eigenvalue weighted by atomic mass is 10.2. The van der Waals surface area contributed by atoms with Crippen LogP contribution in [0.15, 0.2) is 22.6 Å². The van der Waals surface area contributed by atoms with E-state index in [4.69, 9.17) is 16.0 Å². The summed E-state index contributed by atoms with van der Waals surface area (Å²) in [5.74, 6) is 0.537. The summed E-state index contributed by atoms with van der Waals surface area (Å²) < 4.78 is 5.38. The van der Waals surface area contributed by atoms with Crippen LogP contribution in [0.5, 0.6) is 0 Å². The van der Waals surface area contributed by atoms with Crippen molar-refractivity contribution in [1.29, 1.82) is 0 Å². The Balaban J connectivity index is 2.16. The number of halogens is 1. The Morgan fingerprint density at radius 3 is 2.94 bits per heavy atom. The molecule has 0 saturated heterocycles. The average Bonchev–Trinajstić information content (AvgIpc) is 2.73. The number of nitrogens with one attached hydrogen (secondary N) is 2. The van der Waals surface area contributed by atoms with Gasteiger partial charge in [-0.15, -0.1) is 5.10 Å². The molecule has 2 N–H and O–H groups in total. The van der Waals surface area contributed by atoms with Crippen molar-refractivity contribution in [3.05, 3.63) is 34.7 Å². The Hall–Kier alpha value is -1.59. The molecular formula is C11H13ClN4O. The van der Waals surface area contributed by atoms with Crippen LogP contribution < -0.4 is 10.6 Å². The number of hydrogen-bond acceptors (Lipinski definition) is 5. The van der Waals surface area contributed by atoms with E-state index in [0.717, 1.165) is 11.3 Å². The van der Waals surface area contributed by atoms with E-state index in [-0.39, 0.29) is 0 Å². The van der Waals surface area contributed by atoms with Gasteiger partial charge in [0.1, 0.15) is 0 Å². The molecule has 6 heteroatoms. The minimum Gasteiger partial charge on any atom is -0.406 e. The van der Waals surface area contributed by atoms with E-state index < -0.39 is 0 Å². The molecule has 2 rings (SSSR count). The van der Waals surface area contributed by atoms with Gasteiger partial charge in [0.05, 0.1) is 6.54 Å². The van der Waals surface area contributed by atoms with Gasteiger partial charge in [-0.25, -0.2) is 0 Å². The molecule has 1 heterocycles. The summed E-state index contributed by atoms with van der Waals surface area (Å²) in [6.45, 7) is 2.47. The zero-order valence-electron chi connectivity index (χ0n) is 9.62. The average molecular weight is 253 g/mol. The van der Waals surface area contributed by atoms with E-state index in [9.17, 15) is 0 Å². The first-order valence-corrected chi connectivity index (χ1v) is 5.57. The van der Waals surface area contributed by atoms with Gasteiger partial charge < -0.3 is 15.1 Å². The quantitative estimate of drug-likeness (QED) is 0.875. The zero-order chi connectivity index (χ0) is 12.3. The van der Waals surface area contributed by atoms with Gasteiger partial charge in [-0.05, 0) is 31.7 Å². The van der Waals surface area contributed by atoms with Gasteiger partial charge in [0, 0.05) is 10.7 Å². The number of aromatic nitrogens is 2. The smallest absolute Gasteiger partial charge is 0.320 e. The molecule has 0 fully saturated rings. The van der Waals surface area contributed by atoms with Crippen molar-refractivity contribution in [2.45, 2.75) is 13.5 Å². The first kappa shape index (κ1) is 11.9. The van der Waals surface area contributed by atoms with Crippen LogP contribution in [0.4, 0.5) is 11.7 Å². The van der Waals surface area contributed by atoms with Crippen molar-refractivity contribution in [3.8, 4) is 0 Å². The first-order valence-electron chi connectivity index (χ1n) is 5.20. The summed E-state index contributed by atoms with van der Waals surface area (Å²) in [5.41, 5.74) is 1.81. The Labute approximate surface area is 104 Å². The number of hydrogen-bond donors (Lipinski definition) is 2. The van der Waals surface area contributed by atoms with Gasteiger partial charge in [0.25, 0.3) is 0 Å². The largest absolute Gasteiger partial charge is 0.406 e. The number of rotatable bonds is 4. The highest BCUT2D eigenvalue weighted by molar-refractivity contribution is 6.31. The first-order chi connectivity index (χ1) is 8.20. The van der Waals surface area contributed by atoms with Gasteiger partial charge in [-0.2, -0.15) is 0 Å². The summed E-state index contributed by atoms with van der Waals surface area (Å²) in [6.07, 6.45) is 0. The van der Waals surface area contributed by atoms with Crippen LogP contribution in [0.1, 0.15) is 11.5 Å². The van der Waals surface area contributed by atoms with Gasteiger partial charge in [0.15, 0.2) is 0 Å². The third-order valence-electron chi connectivity index (χ3n) is 2.30. The molecule has 0 aliphatic rings. The second-order valence-electron chi connectivity index (χ2n) is 3.57. The molecule has 1 aromatic carbocycles. The van der Waals surface area contributed by atoms with Crippen LogP contribution in [0.2, 0.25) is 5.02 Å². The van der Waals surface area contributed by atoms with E-state index in [1.165, 1.54) is 0 Å². The van der Waals surface area contributed by atoms with Crippen LogP contribution in [-0.2, 0) is 6.54 Å². The Morgan fingerprint density at radius 2 is 2.18 bits per heavy atom. The second-order valence-corrected chi connectivity index (χ2v) is 3.98. The molecule has 5 nitrogen and oxygen atoms in total. The normalized spacial score (nSPS) is 10.5. The lowest BCUT2D eigenvalue weighted by molar-refractivity contribution is 0.493. The molecule has 0 bridgehead atoms. The van der Waals surface area contributed by atoms with Crippen molar-refractivity contribution in [2.75, 3.05) is 12.4 Å². The van der Waals surface area contributed by atoms with Crippen LogP contribution in [0.3, 0.4) is 0 Å².